The first-order valence-corrected chi connectivity index (χ1v) is 9.06. The van der Waals surface area contributed by atoms with Crippen LogP contribution in [0.3, 0.4) is 0 Å². The topological polar surface area (TPSA) is 38.1 Å². The molecule has 3 aromatic rings. The Morgan fingerprint density at radius 3 is 2.59 bits per heavy atom. The van der Waals surface area contributed by atoms with Crippen LogP contribution < -0.4 is 0 Å². The Bertz CT molecular complexity index is 915. The third kappa shape index (κ3) is 4.61. The van der Waals surface area contributed by atoms with Gasteiger partial charge in [0.15, 0.2) is 0 Å². The van der Waals surface area contributed by atoms with Crippen LogP contribution in [0.1, 0.15) is 41.2 Å². The quantitative estimate of drug-likeness (QED) is 0.648. The van der Waals surface area contributed by atoms with E-state index in [1.807, 2.05) is 26.1 Å². The molecule has 0 aliphatic carbocycles. The van der Waals surface area contributed by atoms with Crippen molar-refractivity contribution in [3.8, 4) is 0 Å². The first kappa shape index (κ1) is 18.8. The second-order valence-electron chi connectivity index (χ2n) is 6.99. The molecule has 0 aliphatic rings. The zero-order valence-electron chi connectivity index (χ0n) is 15.9. The standard InChI is InChI=1S/C22H24FN3O/c1-16(2)26(22(27)19-7-9-20(23)10-8-19)15-21-24-11-12-25(21)14-18-6-4-5-17(3)13-18/h4-13,16H,14-15H2,1-3H3. The maximum absolute atomic E-state index is 13.2. The van der Waals surface area contributed by atoms with Crippen molar-refractivity contribution in [2.24, 2.45) is 0 Å². The number of hydrogen-bond donors (Lipinski definition) is 0. The molecule has 2 aromatic carbocycles. The molecule has 0 bridgehead atoms. The summed E-state index contributed by atoms with van der Waals surface area (Å²) >= 11 is 0. The van der Waals surface area contributed by atoms with Crippen molar-refractivity contribution in [1.82, 2.24) is 14.5 Å². The summed E-state index contributed by atoms with van der Waals surface area (Å²) < 4.78 is 15.2. The highest BCUT2D eigenvalue weighted by atomic mass is 19.1. The largest absolute Gasteiger partial charge is 0.329 e. The molecule has 0 radical (unpaired) electrons. The van der Waals surface area contributed by atoms with Crippen LogP contribution in [-0.4, -0.2) is 26.4 Å². The minimum Gasteiger partial charge on any atom is -0.329 e. The predicted octanol–water partition coefficient (Wildman–Crippen LogP) is 4.43. The normalized spacial score (nSPS) is 11.0. The second-order valence-corrected chi connectivity index (χ2v) is 6.99. The van der Waals surface area contributed by atoms with Crippen molar-refractivity contribution in [2.75, 3.05) is 0 Å². The van der Waals surface area contributed by atoms with Gasteiger partial charge < -0.3 is 9.47 Å². The van der Waals surface area contributed by atoms with E-state index in [2.05, 4.69) is 34.7 Å². The van der Waals surface area contributed by atoms with Gasteiger partial charge in [-0.25, -0.2) is 9.37 Å². The van der Waals surface area contributed by atoms with E-state index in [1.54, 1.807) is 11.1 Å². The number of imidazole rings is 1. The molecule has 1 amide bonds. The van der Waals surface area contributed by atoms with Gasteiger partial charge in [-0.05, 0) is 50.6 Å². The Kier molecular flexibility index (Phi) is 5.69. The number of hydrogen-bond acceptors (Lipinski definition) is 2. The second kappa shape index (κ2) is 8.16. The first-order valence-electron chi connectivity index (χ1n) is 9.06. The van der Waals surface area contributed by atoms with Crippen molar-refractivity contribution < 1.29 is 9.18 Å². The molecular weight excluding hydrogens is 341 g/mol. The number of aromatic nitrogens is 2. The van der Waals surface area contributed by atoms with E-state index in [4.69, 9.17) is 0 Å². The number of aryl methyl sites for hydroxylation is 1. The Hall–Kier alpha value is -2.95. The summed E-state index contributed by atoms with van der Waals surface area (Å²) in [5.74, 6) is 0.340. The van der Waals surface area contributed by atoms with E-state index in [-0.39, 0.29) is 17.8 Å². The van der Waals surface area contributed by atoms with Crippen molar-refractivity contribution in [1.29, 1.82) is 0 Å². The summed E-state index contributed by atoms with van der Waals surface area (Å²) in [6, 6.07) is 14.0. The molecule has 0 unspecified atom stereocenters. The van der Waals surface area contributed by atoms with Crippen LogP contribution in [0.2, 0.25) is 0 Å². The lowest BCUT2D eigenvalue weighted by Gasteiger charge is -2.27. The van der Waals surface area contributed by atoms with Gasteiger partial charge in [0.2, 0.25) is 0 Å². The van der Waals surface area contributed by atoms with E-state index < -0.39 is 0 Å². The monoisotopic (exact) mass is 365 g/mol. The van der Waals surface area contributed by atoms with Crippen LogP contribution in [0.5, 0.6) is 0 Å². The maximum Gasteiger partial charge on any atom is 0.254 e. The van der Waals surface area contributed by atoms with Gasteiger partial charge in [0.05, 0.1) is 6.54 Å². The Balaban J connectivity index is 1.80. The molecule has 0 aliphatic heterocycles. The molecular formula is C22H24FN3O. The zero-order chi connectivity index (χ0) is 19.4. The molecule has 0 saturated carbocycles. The Morgan fingerprint density at radius 1 is 1.19 bits per heavy atom. The number of benzene rings is 2. The highest BCUT2D eigenvalue weighted by Gasteiger charge is 2.21. The van der Waals surface area contributed by atoms with Gasteiger partial charge in [0, 0.05) is 30.5 Å². The first-order chi connectivity index (χ1) is 12.9. The number of rotatable bonds is 6. The Labute approximate surface area is 159 Å². The van der Waals surface area contributed by atoms with Gasteiger partial charge in [-0.15, -0.1) is 0 Å². The number of amides is 1. The highest BCUT2D eigenvalue weighted by molar-refractivity contribution is 5.94. The molecule has 0 N–H and O–H groups in total. The molecule has 0 fully saturated rings. The molecule has 1 heterocycles. The SMILES string of the molecule is Cc1cccc(Cn2ccnc2CN(C(=O)c2ccc(F)cc2)C(C)C)c1. The Morgan fingerprint density at radius 2 is 1.93 bits per heavy atom. The minimum absolute atomic E-state index is 0.00771. The van der Waals surface area contributed by atoms with Gasteiger partial charge in [-0.3, -0.25) is 4.79 Å². The summed E-state index contributed by atoms with van der Waals surface area (Å²) in [6.07, 6.45) is 3.69. The lowest BCUT2D eigenvalue weighted by atomic mass is 10.1. The number of nitrogens with zero attached hydrogens (tertiary/aromatic N) is 3. The summed E-state index contributed by atoms with van der Waals surface area (Å²) in [4.78, 5) is 19.1. The van der Waals surface area contributed by atoms with Crippen molar-refractivity contribution >= 4 is 5.91 Å². The number of carbonyl (C=O) groups is 1. The summed E-state index contributed by atoms with van der Waals surface area (Å²) in [5, 5.41) is 0. The molecule has 0 spiro atoms. The fraction of sp³-hybridized carbons (Fsp3) is 0.273. The van der Waals surface area contributed by atoms with Gasteiger partial charge in [-0.1, -0.05) is 29.8 Å². The van der Waals surface area contributed by atoms with E-state index >= 15 is 0 Å². The average molecular weight is 365 g/mol. The third-order valence-corrected chi connectivity index (χ3v) is 4.52. The lowest BCUT2D eigenvalue weighted by Crippen LogP contribution is -2.37. The van der Waals surface area contributed by atoms with Gasteiger partial charge in [-0.2, -0.15) is 0 Å². The van der Waals surface area contributed by atoms with Crippen molar-refractivity contribution in [3.63, 3.8) is 0 Å². The summed E-state index contributed by atoms with van der Waals surface area (Å²) in [7, 11) is 0. The van der Waals surface area contributed by atoms with Crippen LogP contribution in [0, 0.1) is 12.7 Å². The van der Waals surface area contributed by atoms with Crippen LogP contribution >= 0.6 is 0 Å². The predicted molar refractivity (Wildman–Crippen MR) is 104 cm³/mol. The van der Waals surface area contributed by atoms with Crippen LogP contribution in [0.4, 0.5) is 4.39 Å². The van der Waals surface area contributed by atoms with E-state index in [0.29, 0.717) is 18.7 Å². The van der Waals surface area contributed by atoms with Gasteiger partial charge in [0.1, 0.15) is 11.6 Å². The van der Waals surface area contributed by atoms with E-state index in [0.717, 1.165) is 5.82 Å². The van der Waals surface area contributed by atoms with Crippen LogP contribution in [0.25, 0.3) is 0 Å². The molecule has 3 rings (SSSR count). The fourth-order valence-corrected chi connectivity index (χ4v) is 3.04. The summed E-state index contributed by atoms with van der Waals surface area (Å²) in [6.45, 7) is 7.10. The molecule has 140 valence electrons. The molecule has 0 saturated heterocycles. The molecule has 0 atom stereocenters. The maximum atomic E-state index is 13.2. The third-order valence-electron chi connectivity index (χ3n) is 4.52. The number of halogens is 1. The smallest absolute Gasteiger partial charge is 0.254 e. The van der Waals surface area contributed by atoms with Crippen LogP contribution in [-0.2, 0) is 13.1 Å². The number of carbonyl (C=O) groups excluding carboxylic acids is 1. The van der Waals surface area contributed by atoms with Crippen molar-refractivity contribution in [2.45, 2.75) is 39.9 Å². The minimum atomic E-state index is -0.351. The zero-order valence-corrected chi connectivity index (χ0v) is 15.9. The highest BCUT2D eigenvalue weighted by Crippen LogP contribution is 2.15. The van der Waals surface area contributed by atoms with E-state index in [9.17, 15) is 9.18 Å². The molecule has 4 nitrogen and oxygen atoms in total. The fourth-order valence-electron chi connectivity index (χ4n) is 3.04. The lowest BCUT2D eigenvalue weighted by molar-refractivity contribution is 0.0683. The van der Waals surface area contributed by atoms with Crippen LogP contribution in [0.15, 0.2) is 60.9 Å². The van der Waals surface area contributed by atoms with Crippen molar-refractivity contribution in [3.05, 3.63) is 89.3 Å². The van der Waals surface area contributed by atoms with Gasteiger partial charge in [0.25, 0.3) is 5.91 Å². The van der Waals surface area contributed by atoms with E-state index in [1.165, 1.54) is 35.4 Å². The molecule has 1 aromatic heterocycles. The van der Waals surface area contributed by atoms with Gasteiger partial charge >= 0.3 is 0 Å². The summed E-state index contributed by atoms with van der Waals surface area (Å²) in [5.41, 5.74) is 2.88. The molecule has 27 heavy (non-hydrogen) atoms. The average Bonchev–Trinajstić information content (AvgIpc) is 3.06. The molecule has 5 heteroatoms.